The minimum Gasteiger partial charge on any atom is -0.231 e. The maximum Gasteiger partial charge on any atom is 0.127 e. The van der Waals surface area contributed by atoms with Gasteiger partial charge >= 0.3 is 0 Å². The maximum atomic E-state index is 5.48. The van der Waals surface area contributed by atoms with Crippen molar-refractivity contribution in [1.82, 2.24) is 4.98 Å². The number of nitrogens with zero attached hydrogens (tertiary/aromatic N) is 1. The summed E-state index contributed by atoms with van der Waals surface area (Å²) < 4.78 is 0.952. The summed E-state index contributed by atoms with van der Waals surface area (Å²) >= 11 is 8.81. The van der Waals surface area contributed by atoms with Gasteiger partial charge in [-0.15, -0.1) is 22.7 Å². The molecule has 0 aliphatic carbocycles. The number of fused-ring (bicyclic) bond motifs is 1. The third-order valence-electron chi connectivity index (χ3n) is 2.87. The number of thiophene rings is 1. The van der Waals surface area contributed by atoms with Crippen LogP contribution in [0.4, 0.5) is 0 Å². The van der Waals surface area contributed by atoms with Crippen LogP contribution in [0, 0.1) is 17.7 Å². The van der Waals surface area contributed by atoms with E-state index in [0.29, 0.717) is 0 Å². The topological polar surface area (TPSA) is 12.9 Å². The predicted octanol–water partition coefficient (Wildman–Crippen LogP) is 5.37. The molecule has 0 saturated heterocycles. The highest BCUT2D eigenvalue weighted by Gasteiger charge is 2.13. The molecule has 0 aliphatic heterocycles. The van der Waals surface area contributed by atoms with Crippen LogP contribution in [0.15, 0.2) is 30.3 Å². The Bertz CT molecular complexity index is 769. The molecule has 0 saturated carbocycles. The molecule has 0 aliphatic rings. The van der Waals surface area contributed by atoms with Crippen molar-refractivity contribution >= 4 is 45.1 Å². The zero-order chi connectivity index (χ0) is 12.7. The molecule has 18 heavy (non-hydrogen) atoms. The lowest BCUT2D eigenvalue weighted by Gasteiger charge is -1.98. The quantitative estimate of drug-likeness (QED) is 0.558. The molecule has 2 heterocycles. The lowest BCUT2D eigenvalue weighted by molar-refractivity contribution is 1.34. The SMILES string of the molecule is Cc1nc2sc(-c3ccccc3)c(C)c2c(=S)s1. The van der Waals surface area contributed by atoms with Crippen LogP contribution in [-0.2, 0) is 0 Å². The summed E-state index contributed by atoms with van der Waals surface area (Å²) in [6.07, 6.45) is 0. The predicted molar refractivity (Wildman–Crippen MR) is 83.2 cm³/mol. The largest absolute Gasteiger partial charge is 0.231 e. The Kier molecular flexibility index (Phi) is 3.01. The second-order valence-corrected chi connectivity index (χ2v) is 6.99. The van der Waals surface area contributed by atoms with Gasteiger partial charge in [0.05, 0.1) is 5.01 Å². The van der Waals surface area contributed by atoms with Gasteiger partial charge in [-0.25, -0.2) is 4.98 Å². The van der Waals surface area contributed by atoms with Crippen molar-refractivity contribution in [1.29, 1.82) is 0 Å². The van der Waals surface area contributed by atoms with Crippen LogP contribution < -0.4 is 0 Å². The lowest BCUT2D eigenvalue weighted by atomic mass is 10.1. The molecule has 0 bridgehead atoms. The molecule has 3 rings (SSSR count). The van der Waals surface area contributed by atoms with E-state index in [1.165, 1.54) is 16.0 Å². The standard InChI is InChI=1S/C14H11NS3/c1-8-11-13(15-9(2)17-14(11)16)18-12(8)10-6-4-3-5-7-10/h3-7H,1-2H3. The fourth-order valence-electron chi connectivity index (χ4n) is 2.03. The van der Waals surface area contributed by atoms with Crippen LogP contribution in [0.1, 0.15) is 10.6 Å². The van der Waals surface area contributed by atoms with E-state index in [4.69, 9.17) is 12.2 Å². The summed E-state index contributed by atoms with van der Waals surface area (Å²) in [5.74, 6) is 0. The number of rotatable bonds is 1. The van der Waals surface area contributed by atoms with Crippen LogP contribution >= 0.6 is 34.9 Å². The van der Waals surface area contributed by atoms with Gasteiger partial charge in [-0.3, -0.25) is 0 Å². The van der Waals surface area contributed by atoms with Crippen molar-refractivity contribution in [2.75, 3.05) is 0 Å². The van der Waals surface area contributed by atoms with Gasteiger partial charge in [0.1, 0.15) is 8.65 Å². The Hall–Kier alpha value is -1.10. The highest BCUT2D eigenvalue weighted by atomic mass is 32.1. The summed E-state index contributed by atoms with van der Waals surface area (Å²) in [5, 5.41) is 2.19. The highest BCUT2D eigenvalue weighted by molar-refractivity contribution is 7.73. The van der Waals surface area contributed by atoms with Crippen molar-refractivity contribution < 1.29 is 0 Å². The lowest BCUT2D eigenvalue weighted by Crippen LogP contribution is -1.78. The van der Waals surface area contributed by atoms with Gasteiger partial charge in [0.25, 0.3) is 0 Å². The van der Waals surface area contributed by atoms with Gasteiger partial charge in [-0.2, -0.15) is 0 Å². The summed E-state index contributed by atoms with van der Waals surface area (Å²) in [6.45, 7) is 4.15. The molecule has 0 spiro atoms. The van der Waals surface area contributed by atoms with E-state index < -0.39 is 0 Å². The number of benzene rings is 1. The molecule has 0 atom stereocenters. The van der Waals surface area contributed by atoms with Crippen molar-refractivity contribution in [3.05, 3.63) is 44.7 Å². The number of hydrogen-bond acceptors (Lipinski definition) is 4. The van der Waals surface area contributed by atoms with E-state index in [1.54, 1.807) is 22.7 Å². The van der Waals surface area contributed by atoms with Gasteiger partial charge in [-0.05, 0) is 25.0 Å². The first kappa shape index (κ1) is 12.0. The summed E-state index contributed by atoms with van der Waals surface area (Å²) in [5.41, 5.74) is 2.50. The summed E-state index contributed by atoms with van der Waals surface area (Å²) in [7, 11) is 0. The van der Waals surface area contributed by atoms with Gasteiger partial charge in [0.15, 0.2) is 0 Å². The van der Waals surface area contributed by atoms with E-state index in [1.807, 2.05) is 13.0 Å². The van der Waals surface area contributed by atoms with E-state index >= 15 is 0 Å². The van der Waals surface area contributed by atoms with Gasteiger partial charge in [0, 0.05) is 10.3 Å². The third-order valence-corrected chi connectivity index (χ3v) is 5.33. The summed E-state index contributed by atoms with van der Waals surface area (Å²) in [6, 6.07) is 10.4. The first-order valence-electron chi connectivity index (χ1n) is 5.63. The Morgan fingerprint density at radius 2 is 1.78 bits per heavy atom. The van der Waals surface area contributed by atoms with Gasteiger partial charge in [-0.1, -0.05) is 42.5 Å². The molecule has 3 aromatic rings. The van der Waals surface area contributed by atoms with Gasteiger partial charge in [0.2, 0.25) is 0 Å². The molecule has 0 unspecified atom stereocenters. The van der Waals surface area contributed by atoms with Crippen molar-refractivity contribution in [2.45, 2.75) is 13.8 Å². The minimum atomic E-state index is 0.952. The highest BCUT2D eigenvalue weighted by Crippen LogP contribution is 2.38. The van der Waals surface area contributed by atoms with Crippen LogP contribution in [-0.4, -0.2) is 4.98 Å². The Morgan fingerprint density at radius 3 is 2.50 bits per heavy atom. The maximum absolute atomic E-state index is 5.48. The molecule has 1 nitrogen and oxygen atoms in total. The summed E-state index contributed by atoms with van der Waals surface area (Å²) in [4.78, 5) is 6.96. The molecule has 90 valence electrons. The third kappa shape index (κ3) is 1.90. The average molecular weight is 289 g/mol. The van der Waals surface area contributed by atoms with Crippen molar-refractivity contribution in [3.63, 3.8) is 0 Å². The molecule has 0 radical (unpaired) electrons. The molecular formula is C14H11NS3. The van der Waals surface area contributed by atoms with E-state index in [0.717, 1.165) is 19.0 Å². The number of aryl methyl sites for hydroxylation is 2. The Morgan fingerprint density at radius 1 is 1.06 bits per heavy atom. The van der Waals surface area contributed by atoms with Crippen LogP contribution in [0.2, 0.25) is 0 Å². The molecular weight excluding hydrogens is 278 g/mol. The number of hydrogen-bond donors (Lipinski definition) is 0. The normalized spacial score (nSPS) is 11.0. The number of aromatic nitrogens is 1. The first-order valence-corrected chi connectivity index (χ1v) is 7.67. The molecule has 0 fully saturated rings. The van der Waals surface area contributed by atoms with E-state index in [9.17, 15) is 0 Å². The second-order valence-electron chi connectivity index (χ2n) is 4.12. The first-order chi connectivity index (χ1) is 8.66. The zero-order valence-electron chi connectivity index (χ0n) is 10.1. The smallest absolute Gasteiger partial charge is 0.127 e. The monoisotopic (exact) mass is 289 g/mol. The van der Waals surface area contributed by atoms with Gasteiger partial charge < -0.3 is 0 Å². The Labute approximate surface area is 119 Å². The minimum absolute atomic E-state index is 0.952. The molecule has 1 aromatic carbocycles. The van der Waals surface area contributed by atoms with E-state index in [-0.39, 0.29) is 0 Å². The molecule has 0 amide bonds. The average Bonchev–Trinajstić information content (AvgIpc) is 2.67. The fraction of sp³-hybridized carbons (Fsp3) is 0.143. The van der Waals surface area contributed by atoms with Crippen molar-refractivity contribution in [3.8, 4) is 10.4 Å². The second kappa shape index (κ2) is 4.53. The van der Waals surface area contributed by atoms with Crippen LogP contribution in [0.3, 0.4) is 0 Å². The fourth-order valence-corrected chi connectivity index (χ4v) is 4.83. The zero-order valence-corrected chi connectivity index (χ0v) is 12.5. The molecule has 4 heteroatoms. The van der Waals surface area contributed by atoms with Crippen molar-refractivity contribution in [2.24, 2.45) is 0 Å². The van der Waals surface area contributed by atoms with Crippen LogP contribution in [0.5, 0.6) is 0 Å². The molecule has 0 N–H and O–H groups in total. The molecule has 2 aromatic heterocycles. The Balaban J connectivity index is 2.37. The van der Waals surface area contributed by atoms with Crippen LogP contribution in [0.25, 0.3) is 20.7 Å². The van der Waals surface area contributed by atoms with E-state index in [2.05, 4.69) is 36.2 Å².